The van der Waals surface area contributed by atoms with E-state index in [9.17, 15) is 0 Å². The van der Waals surface area contributed by atoms with E-state index in [0.717, 1.165) is 6.42 Å². The maximum atomic E-state index is 2.43. The van der Waals surface area contributed by atoms with Crippen LogP contribution in [0, 0.1) is 11.3 Å². The predicted molar refractivity (Wildman–Crippen MR) is 98.3 cm³/mol. The van der Waals surface area contributed by atoms with Crippen LogP contribution in [0.25, 0.3) is 0 Å². The van der Waals surface area contributed by atoms with E-state index in [1.807, 2.05) is 0 Å². The van der Waals surface area contributed by atoms with Crippen LogP contribution in [0.4, 0.5) is 0 Å². The van der Waals surface area contributed by atoms with Gasteiger partial charge in [0, 0.05) is 0 Å². The first-order chi connectivity index (χ1) is 10.5. The maximum Gasteiger partial charge on any atom is -0.00657 e. The number of benzene rings is 1. The molecule has 1 aliphatic rings. The van der Waals surface area contributed by atoms with Gasteiger partial charge in [0.1, 0.15) is 0 Å². The molecule has 0 amide bonds. The third-order valence-corrected chi connectivity index (χ3v) is 5.40. The Bertz CT molecular complexity index is 549. The highest BCUT2D eigenvalue weighted by atomic mass is 14.3. The largest absolute Gasteiger partial charge is 0.0779 e. The smallest absolute Gasteiger partial charge is 0.00657 e. The van der Waals surface area contributed by atoms with Crippen LogP contribution in [0.3, 0.4) is 0 Å². The van der Waals surface area contributed by atoms with Crippen LogP contribution in [-0.2, 0) is 6.42 Å². The fraction of sp³-hybridized carbons (Fsp3) is 0.545. The molecule has 3 unspecified atom stereocenters. The minimum absolute atomic E-state index is 0.265. The zero-order valence-electron chi connectivity index (χ0n) is 15.0. The highest BCUT2D eigenvalue weighted by molar-refractivity contribution is 5.31. The lowest BCUT2D eigenvalue weighted by Gasteiger charge is -2.32. The molecule has 0 N–H and O–H groups in total. The summed E-state index contributed by atoms with van der Waals surface area (Å²) in [5.41, 5.74) is 4.85. The molecule has 0 radical (unpaired) electrons. The molecule has 3 atom stereocenters. The second kappa shape index (κ2) is 7.31. The van der Waals surface area contributed by atoms with E-state index in [1.165, 1.54) is 30.4 Å². The second-order valence-electron chi connectivity index (χ2n) is 7.47. The van der Waals surface area contributed by atoms with E-state index in [0.29, 0.717) is 11.8 Å². The Labute approximate surface area is 137 Å². The van der Waals surface area contributed by atoms with Gasteiger partial charge in [-0.15, -0.1) is 0 Å². The van der Waals surface area contributed by atoms with E-state index in [1.54, 1.807) is 5.57 Å². The predicted octanol–water partition coefficient (Wildman–Crippen LogP) is 6.68. The van der Waals surface area contributed by atoms with Crippen LogP contribution in [0.15, 0.2) is 48.1 Å². The van der Waals surface area contributed by atoms with Crippen molar-refractivity contribution in [2.75, 3.05) is 0 Å². The summed E-state index contributed by atoms with van der Waals surface area (Å²) in [7, 11) is 0. The van der Waals surface area contributed by atoms with Gasteiger partial charge < -0.3 is 0 Å². The number of allylic oxidation sites excluding steroid dienone is 4. The first-order valence-electron chi connectivity index (χ1n) is 8.94. The molecule has 0 nitrogen and oxygen atoms in total. The Morgan fingerprint density at radius 1 is 1.09 bits per heavy atom. The highest BCUT2D eigenvalue weighted by Gasteiger charge is 2.26. The molecule has 1 aromatic rings. The summed E-state index contributed by atoms with van der Waals surface area (Å²) < 4.78 is 0. The van der Waals surface area contributed by atoms with Gasteiger partial charge >= 0.3 is 0 Å². The average Bonchev–Trinajstić information content (AvgIpc) is 2.53. The SMILES string of the molecule is CCC(C)C1=CC=CC(C)(Cc2cccc(C(C)CC)c2)C1. The van der Waals surface area contributed by atoms with Crippen LogP contribution in [0.5, 0.6) is 0 Å². The summed E-state index contributed by atoms with van der Waals surface area (Å²) in [6, 6.07) is 9.24. The molecule has 0 aromatic heterocycles. The number of rotatable bonds is 6. The molecule has 0 aliphatic heterocycles. The van der Waals surface area contributed by atoms with Gasteiger partial charge in [-0.3, -0.25) is 0 Å². The van der Waals surface area contributed by atoms with Crippen LogP contribution >= 0.6 is 0 Å². The topological polar surface area (TPSA) is 0 Å². The average molecular weight is 296 g/mol. The number of hydrogen-bond acceptors (Lipinski definition) is 0. The van der Waals surface area contributed by atoms with E-state index < -0.39 is 0 Å². The van der Waals surface area contributed by atoms with Crippen LogP contribution in [0.1, 0.15) is 70.9 Å². The Balaban J connectivity index is 2.13. The lowest BCUT2D eigenvalue weighted by molar-refractivity contribution is 0.393. The molecule has 2 rings (SSSR count). The molecule has 0 saturated carbocycles. The zero-order chi connectivity index (χ0) is 16.2. The highest BCUT2D eigenvalue weighted by Crippen LogP contribution is 2.38. The van der Waals surface area contributed by atoms with Crippen molar-refractivity contribution in [2.45, 2.75) is 66.2 Å². The van der Waals surface area contributed by atoms with Crippen molar-refractivity contribution in [1.29, 1.82) is 0 Å². The summed E-state index contributed by atoms with van der Waals surface area (Å²) in [6.45, 7) is 11.7. The summed E-state index contributed by atoms with van der Waals surface area (Å²) in [6.07, 6.45) is 11.8. The molecule has 0 spiro atoms. The van der Waals surface area contributed by atoms with Crippen molar-refractivity contribution >= 4 is 0 Å². The van der Waals surface area contributed by atoms with E-state index in [-0.39, 0.29) is 5.41 Å². The van der Waals surface area contributed by atoms with Crippen molar-refractivity contribution in [1.82, 2.24) is 0 Å². The minimum atomic E-state index is 0.265. The molecule has 0 saturated heterocycles. The monoisotopic (exact) mass is 296 g/mol. The van der Waals surface area contributed by atoms with Gasteiger partial charge in [-0.1, -0.05) is 82.7 Å². The normalized spacial score (nSPS) is 24.0. The van der Waals surface area contributed by atoms with Crippen molar-refractivity contribution in [2.24, 2.45) is 11.3 Å². The Morgan fingerprint density at radius 3 is 2.50 bits per heavy atom. The zero-order valence-corrected chi connectivity index (χ0v) is 15.0. The number of hydrogen-bond donors (Lipinski definition) is 0. The van der Waals surface area contributed by atoms with Gasteiger partial charge in [-0.2, -0.15) is 0 Å². The van der Waals surface area contributed by atoms with Gasteiger partial charge in [0.25, 0.3) is 0 Å². The van der Waals surface area contributed by atoms with E-state index in [2.05, 4.69) is 77.1 Å². The van der Waals surface area contributed by atoms with Crippen LogP contribution in [-0.4, -0.2) is 0 Å². The van der Waals surface area contributed by atoms with E-state index >= 15 is 0 Å². The van der Waals surface area contributed by atoms with Gasteiger partial charge in [0.15, 0.2) is 0 Å². The molecule has 0 heteroatoms. The molecule has 0 bridgehead atoms. The lowest BCUT2D eigenvalue weighted by Crippen LogP contribution is -2.21. The Morgan fingerprint density at radius 2 is 1.82 bits per heavy atom. The minimum Gasteiger partial charge on any atom is -0.0779 e. The summed E-state index contributed by atoms with van der Waals surface area (Å²) in [5.74, 6) is 1.36. The van der Waals surface area contributed by atoms with Crippen molar-refractivity contribution in [3.8, 4) is 0 Å². The lowest BCUT2D eigenvalue weighted by atomic mass is 9.73. The third-order valence-electron chi connectivity index (χ3n) is 5.40. The maximum absolute atomic E-state index is 2.43. The van der Waals surface area contributed by atoms with Gasteiger partial charge in [0.2, 0.25) is 0 Å². The Kier molecular flexibility index (Phi) is 5.67. The quantitative estimate of drug-likeness (QED) is 0.549. The molecule has 120 valence electrons. The summed E-state index contributed by atoms with van der Waals surface area (Å²) in [4.78, 5) is 0. The van der Waals surface area contributed by atoms with Crippen LogP contribution in [0.2, 0.25) is 0 Å². The first kappa shape index (κ1) is 17.1. The molecule has 22 heavy (non-hydrogen) atoms. The molecular formula is C22H32. The van der Waals surface area contributed by atoms with Crippen molar-refractivity contribution < 1.29 is 0 Å². The summed E-state index contributed by atoms with van der Waals surface area (Å²) in [5, 5.41) is 0. The third kappa shape index (κ3) is 4.12. The molecule has 0 heterocycles. The standard InChI is InChI=1S/C22H32/c1-6-17(3)20-11-8-10-19(14-20)15-22(5)13-9-12-21(16-22)18(4)7-2/h8-14,17-18H,6-7,15-16H2,1-5H3. The van der Waals surface area contributed by atoms with Crippen molar-refractivity contribution in [3.05, 3.63) is 59.2 Å². The molecule has 1 aliphatic carbocycles. The van der Waals surface area contributed by atoms with Gasteiger partial charge in [-0.25, -0.2) is 0 Å². The summed E-state index contributed by atoms with van der Waals surface area (Å²) >= 11 is 0. The van der Waals surface area contributed by atoms with Crippen LogP contribution < -0.4 is 0 Å². The van der Waals surface area contributed by atoms with Gasteiger partial charge in [0.05, 0.1) is 0 Å². The molecule has 1 aromatic carbocycles. The van der Waals surface area contributed by atoms with Gasteiger partial charge in [-0.05, 0) is 54.1 Å². The first-order valence-corrected chi connectivity index (χ1v) is 8.94. The fourth-order valence-electron chi connectivity index (χ4n) is 3.42. The Hall–Kier alpha value is -1.30. The van der Waals surface area contributed by atoms with Crippen molar-refractivity contribution in [3.63, 3.8) is 0 Å². The molecular weight excluding hydrogens is 264 g/mol. The second-order valence-corrected chi connectivity index (χ2v) is 7.47. The molecule has 0 fully saturated rings. The van der Waals surface area contributed by atoms with E-state index in [4.69, 9.17) is 0 Å². The fourth-order valence-corrected chi connectivity index (χ4v) is 3.42.